The number of aryl methyl sites for hydroxylation is 1. The van der Waals surface area contributed by atoms with Gasteiger partial charge in [0.2, 0.25) is 0 Å². The number of carbonyl (C=O) groups is 1. The molecule has 0 saturated carbocycles. The van der Waals surface area contributed by atoms with E-state index in [9.17, 15) is 4.79 Å². The number of rotatable bonds is 5. The molecule has 4 rings (SSSR count). The molecule has 0 aliphatic carbocycles. The second-order valence-electron chi connectivity index (χ2n) is 7.15. The maximum atomic E-state index is 11.2. The Morgan fingerprint density at radius 2 is 1.69 bits per heavy atom. The van der Waals surface area contributed by atoms with E-state index in [1.807, 2.05) is 35.3 Å². The van der Waals surface area contributed by atoms with Crippen molar-refractivity contribution in [2.24, 2.45) is 5.10 Å². The van der Waals surface area contributed by atoms with Crippen LogP contribution in [0.5, 0.6) is 0 Å². The number of anilines is 1. The van der Waals surface area contributed by atoms with Crippen molar-refractivity contribution in [3.63, 3.8) is 0 Å². The minimum Gasteiger partial charge on any atom is -0.478 e. The lowest BCUT2D eigenvalue weighted by atomic mass is 10.0. The molecule has 4 nitrogen and oxygen atoms in total. The molecule has 0 aromatic heterocycles. The van der Waals surface area contributed by atoms with Gasteiger partial charge in [0.1, 0.15) is 0 Å². The predicted molar refractivity (Wildman–Crippen MR) is 117 cm³/mol. The van der Waals surface area contributed by atoms with Crippen molar-refractivity contribution in [1.82, 2.24) is 0 Å². The maximum Gasteiger partial charge on any atom is 0.335 e. The van der Waals surface area contributed by atoms with Gasteiger partial charge in [-0.1, -0.05) is 72.3 Å². The van der Waals surface area contributed by atoms with E-state index in [0.717, 1.165) is 28.9 Å². The minimum atomic E-state index is -0.928. The molecule has 1 atom stereocenters. The van der Waals surface area contributed by atoms with Crippen molar-refractivity contribution in [3.05, 3.63) is 107 Å². The molecule has 0 amide bonds. The Balaban J connectivity index is 1.66. The summed E-state index contributed by atoms with van der Waals surface area (Å²) in [7, 11) is 0. The van der Waals surface area contributed by atoms with Crippen molar-refractivity contribution < 1.29 is 9.90 Å². The number of hydrogen-bond donors (Lipinski definition) is 1. The van der Waals surface area contributed by atoms with Crippen LogP contribution in [0.2, 0.25) is 0 Å². The van der Waals surface area contributed by atoms with E-state index in [1.165, 1.54) is 5.56 Å². The topological polar surface area (TPSA) is 52.9 Å². The normalized spacial score (nSPS) is 16.2. The van der Waals surface area contributed by atoms with E-state index in [2.05, 4.69) is 55.5 Å². The molecule has 1 N–H and O–H groups in total. The SMILES string of the molecule is Cc1ccc(C2=NN(c3ccc(C(=O)O)cc3)C(/C=C/c3ccccc3)C2)cc1. The fourth-order valence-electron chi connectivity index (χ4n) is 3.39. The summed E-state index contributed by atoms with van der Waals surface area (Å²) < 4.78 is 0. The first-order valence-electron chi connectivity index (χ1n) is 9.60. The monoisotopic (exact) mass is 382 g/mol. The third-order valence-corrected chi connectivity index (χ3v) is 5.02. The van der Waals surface area contributed by atoms with Gasteiger partial charge in [-0.2, -0.15) is 5.10 Å². The van der Waals surface area contributed by atoms with E-state index in [1.54, 1.807) is 12.1 Å². The highest BCUT2D eigenvalue weighted by molar-refractivity contribution is 6.03. The van der Waals surface area contributed by atoms with Crippen LogP contribution in [0.1, 0.15) is 33.5 Å². The van der Waals surface area contributed by atoms with Gasteiger partial charge in [-0.25, -0.2) is 4.79 Å². The van der Waals surface area contributed by atoms with Crippen molar-refractivity contribution in [2.45, 2.75) is 19.4 Å². The number of benzene rings is 3. The average Bonchev–Trinajstić information content (AvgIpc) is 3.18. The molecule has 0 fully saturated rings. The minimum absolute atomic E-state index is 0.0576. The Labute approximate surface area is 170 Å². The predicted octanol–water partition coefficient (Wildman–Crippen LogP) is 5.39. The van der Waals surface area contributed by atoms with Gasteiger partial charge >= 0.3 is 5.97 Å². The van der Waals surface area contributed by atoms with Gasteiger partial charge in [-0.05, 0) is 42.3 Å². The van der Waals surface area contributed by atoms with Crippen LogP contribution in [0, 0.1) is 6.92 Å². The van der Waals surface area contributed by atoms with Gasteiger partial charge in [0.25, 0.3) is 0 Å². The Kier molecular flexibility index (Phi) is 5.25. The molecule has 3 aromatic carbocycles. The molecule has 1 unspecified atom stereocenters. The molecule has 0 saturated heterocycles. The molecule has 1 aliphatic heterocycles. The third-order valence-electron chi connectivity index (χ3n) is 5.02. The number of carboxylic acid groups (broad SMARTS) is 1. The van der Waals surface area contributed by atoms with Crippen molar-refractivity contribution in [3.8, 4) is 0 Å². The van der Waals surface area contributed by atoms with Crippen LogP contribution in [0.4, 0.5) is 5.69 Å². The lowest BCUT2D eigenvalue weighted by Gasteiger charge is -2.21. The van der Waals surface area contributed by atoms with Crippen LogP contribution in [-0.2, 0) is 0 Å². The highest BCUT2D eigenvalue weighted by Crippen LogP contribution is 2.28. The first-order chi connectivity index (χ1) is 14.1. The number of carboxylic acids is 1. The van der Waals surface area contributed by atoms with Crippen LogP contribution in [-0.4, -0.2) is 22.8 Å². The average molecular weight is 382 g/mol. The molecule has 29 heavy (non-hydrogen) atoms. The zero-order valence-electron chi connectivity index (χ0n) is 16.2. The molecule has 1 heterocycles. The fourth-order valence-corrected chi connectivity index (χ4v) is 3.39. The lowest BCUT2D eigenvalue weighted by molar-refractivity contribution is 0.0697. The van der Waals surface area contributed by atoms with Crippen LogP contribution >= 0.6 is 0 Å². The van der Waals surface area contributed by atoms with E-state index in [-0.39, 0.29) is 11.6 Å². The summed E-state index contributed by atoms with van der Waals surface area (Å²) in [6, 6.07) is 25.5. The number of hydrazone groups is 1. The van der Waals surface area contributed by atoms with Crippen LogP contribution in [0.25, 0.3) is 6.08 Å². The smallest absolute Gasteiger partial charge is 0.335 e. The number of hydrogen-bond acceptors (Lipinski definition) is 3. The lowest BCUT2D eigenvalue weighted by Crippen LogP contribution is -2.24. The van der Waals surface area contributed by atoms with Crippen molar-refractivity contribution in [2.75, 3.05) is 5.01 Å². The van der Waals surface area contributed by atoms with Crippen LogP contribution in [0.3, 0.4) is 0 Å². The zero-order valence-corrected chi connectivity index (χ0v) is 16.2. The van der Waals surface area contributed by atoms with Gasteiger partial charge in [0.05, 0.1) is 23.0 Å². The standard InChI is InChI=1S/C25H22N2O2/c1-18-7-10-20(11-8-18)24-17-23(14-9-19-5-3-2-4-6-19)27(26-24)22-15-12-21(13-16-22)25(28)29/h2-16,23H,17H2,1H3,(H,28,29)/b14-9+. The van der Waals surface area contributed by atoms with Crippen molar-refractivity contribution >= 4 is 23.4 Å². The zero-order chi connectivity index (χ0) is 20.2. The molecule has 0 bridgehead atoms. The summed E-state index contributed by atoms with van der Waals surface area (Å²) in [5, 5.41) is 16.0. The largest absolute Gasteiger partial charge is 0.478 e. The Morgan fingerprint density at radius 1 is 1.00 bits per heavy atom. The molecule has 0 spiro atoms. The maximum absolute atomic E-state index is 11.2. The molecular weight excluding hydrogens is 360 g/mol. The van der Waals surface area contributed by atoms with Crippen LogP contribution < -0.4 is 5.01 Å². The fraction of sp³-hybridized carbons (Fsp3) is 0.120. The van der Waals surface area contributed by atoms with Crippen LogP contribution in [0.15, 0.2) is 90.0 Å². The second kappa shape index (κ2) is 8.15. The van der Waals surface area contributed by atoms with Crippen molar-refractivity contribution in [1.29, 1.82) is 0 Å². The molecule has 1 aliphatic rings. The Hall–Kier alpha value is -3.66. The highest BCUT2D eigenvalue weighted by atomic mass is 16.4. The second-order valence-corrected chi connectivity index (χ2v) is 7.15. The summed E-state index contributed by atoms with van der Waals surface area (Å²) in [6.07, 6.45) is 5.05. The van der Waals surface area contributed by atoms with Gasteiger partial charge in [-0.3, -0.25) is 5.01 Å². The summed E-state index contributed by atoms with van der Waals surface area (Å²) in [5.74, 6) is -0.928. The third kappa shape index (κ3) is 4.27. The van der Waals surface area contributed by atoms with E-state index in [0.29, 0.717) is 0 Å². The van der Waals surface area contributed by atoms with Gasteiger partial charge in [0.15, 0.2) is 0 Å². The summed E-state index contributed by atoms with van der Waals surface area (Å²) in [6.45, 7) is 2.07. The highest BCUT2D eigenvalue weighted by Gasteiger charge is 2.26. The summed E-state index contributed by atoms with van der Waals surface area (Å²) in [5.41, 5.74) is 5.63. The molecular formula is C25H22N2O2. The molecule has 3 aromatic rings. The number of nitrogens with zero attached hydrogens (tertiary/aromatic N) is 2. The van der Waals surface area contributed by atoms with Gasteiger partial charge < -0.3 is 5.11 Å². The van der Waals surface area contributed by atoms with E-state index < -0.39 is 5.97 Å². The molecule has 144 valence electrons. The summed E-state index contributed by atoms with van der Waals surface area (Å²) >= 11 is 0. The number of aromatic carboxylic acids is 1. The van der Waals surface area contributed by atoms with E-state index >= 15 is 0 Å². The summed E-state index contributed by atoms with van der Waals surface area (Å²) in [4.78, 5) is 11.2. The molecule has 0 radical (unpaired) electrons. The Morgan fingerprint density at radius 3 is 2.34 bits per heavy atom. The van der Waals surface area contributed by atoms with Gasteiger partial charge in [0, 0.05) is 6.42 Å². The quantitative estimate of drug-likeness (QED) is 0.644. The van der Waals surface area contributed by atoms with E-state index in [4.69, 9.17) is 10.2 Å². The first-order valence-corrected chi connectivity index (χ1v) is 9.60. The molecule has 4 heteroatoms. The Bertz CT molecular complexity index is 1050. The van der Waals surface area contributed by atoms with Gasteiger partial charge in [-0.15, -0.1) is 0 Å². The first kappa shape index (κ1) is 18.7.